The molecule has 1 heterocycles. The van der Waals surface area contributed by atoms with Gasteiger partial charge in [-0.1, -0.05) is 6.92 Å². The normalized spacial score (nSPS) is 32.2. The van der Waals surface area contributed by atoms with Gasteiger partial charge in [-0.3, -0.25) is 0 Å². The van der Waals surface area contributed by atoms with E-state index in [1.165, 1.54) is 25.9 Å². The molecule has 0 radical (unpaired) electrons. The summed E-state index contributed by atoms with van der Waals surface area (Å²) in [6, 6.07) is 1.44. The average molecular weight is 227 g/mol. The Kier molecular flexibility index (Phi) is 5.73. The van der Waals surface area contributed by atoms with Crippen LogP contribution in [0.4, 0.5) is 0 Å². The second-order valence-corrected chi connectivity index (χ2v) is 5.72. The Morgan fingerprint density at radius 1 is 1.31 bits per heavy atom. The van der Waals surface area contributed by atoms with Crippen LogP contribution in [0.25, 0.3) is 0 Å². The summed E-state index contributed by atoms with van der Waals surface area (Å²) in [6.45, 7) is 8.27. The van der Waals surface area contributed by atoms with Crippen molar-refractivity contribution in [1.82, 2.24) is 15.1 Å². The van der Waals surface area contributed by atoms with Crippen LogP contribution >= 0.6 is 0 Å². The second kappa shape index (κ2) is 6.58. The zero-order valence-electron chi connectivity index (χ0n) is 11.7. The molecule has 3 nitrogen and oxygen atoms in total. The quantitative estimate of drug-likeness (QED) is 0.713. The van der Waals surface area contributed by atoms with E-state index in [-0.39, 0.29) is 0 Å². The lowest BCUT2D eigenvalue weighted by Crippen LogP contribution is -2.51. The van der Waals surface area contributed by atoms with E-state index >= 15 is 0 Å². The maximum Gasteiger partial charge on any atom is 0.0120 e. The maximum atomic E-state index is 3.72. The Morgan fingerprint density at radius 3 is 2.62 bits per heavy atom. The highest BCUT2D eigenvalue weighted by Gasteiger charge is 2.27. The molecule has 0 bridgehead atoms. The molecule has 0 aromatic rings. The topological polar surface area (TPSA) is 18.5 Å². The fourth-order valence-corrected chi connectivity index (χ4v) is 2.51. The molecule has 3 heteroatoms. The Balaban J connectivity index is 2.20. The Morgan fingerprint density at radius 2 is 2.00 bits per heavy atom. The monoisotopic (exact) mass is 227 g/mol. The van der Waals surface area contributed by atoms with Gasteiger partial charge in [0.2, 0.25) is 0 Å². The minimum atomic E-state index is 0.716. The summed E-state index contributed by atoms with van der Waals surface area (Å²) >= 11 is 0. The van der Waals surface area contributed by atoms with Gasteiger partial charge in [0.15, 0.2) is 0 Å². The number of hydrogen-bond acceptors (Lipinski definition) is 3. The first-order valence-electron chi connectivity index (χ1n) is 6.59. The summed E-state index contributed by atoms with van der Waals surface area (Å²) in [7, 11) is 6.52. The van der Waals surface area contributed by atoms with E-state index in [9.17, 15) is 0 Å². The van der Waals surface area contributed by atoms with Gasteiger partial charge in [0.05, 0.1) is 0 Å². The van der Waals surface area contributed by atoms with Crippen molar-refractivity contribution < 1.29 is 0 Å². The lowest BCUT2D eigenvalue weighted by molar-refractivity contribution is 0.121. The van der Waals surface area contributed by atoms with Crippen molar-refractivity contribution in [2.24, 2.45) is 5.92 Å². The van der Waals surface area contributed by atoms with Crippen LogP contribution in [-0.2, 0) is 0 Å². The SMILES string of the molecule is C[C@H]1CN(C)[C@@H](C)C[C@H]1NCCCN(C)C. The van der Waals surface area contributed by atoms with Gasteiger partial charge in [-0.15, -0.1) is 0 Å². The third-order valence-electron chi connectivity index (χ3n) is 3.80. The molecule has 0 aromatic carbocycles. The first-order valence-corrected chi connectivity index (χ1v) is 6.59. The van der Waals surface area contributed by atoms with Crippen LogP contribution < -0.4 is 5.32 Å². The second-order valence-electron chi connectivity index (χ2n) is 5.72. The van der Waals surface area contributed by atoms with Crippen molar-refractivity contribution in [3.05, 3.63) is 0 Å². The standard InChI is InChI=1S/C13H29N3/c1-11-10-16(5)12(2)9-13(11)14-7-6-8-15(3)4/h11-14H,6-10H2,1-5H3/t11-,12-,13+/m0/s1. The summed E-state index contributed by atoms with van der Waals surface area (Å²) in [6.07, 6.45) is 2.54. The van der Waals surface area contributed by atoms with Crippen molar-refractivity contribution in [2.75, 3.05) is 40.8 Å². The van der Waals surface area contributed by atoms with E-state index in [0.29, 0.717) is 6.04 Å². The molecule has 0 saturated carbocycles. The smallest absolute Gasteiger partial charge is 0.0120 e. The average Bonchev–Trinajstić information content (AvgIpc) is 2.19. The van der Waals surface area contributed by atoms with Gasteiger partial charge in [0, 0.05) is 18.6 Å². The molecule has 1 aliphatic rings. The van der Waals surface area contributed by atoms with Gasteiger partial charge >= 0.3 is 0 Å². The van der Waals surface area contributed by atoms with E-state index < -0.39 is 0 Å². The number of nitrogens with one attached hydrogen (secondary N) is 1. The van der Waals surface area contributed by atoms with E-state index in [1.807, 2.05) is 0 Å². The Labute approximate surface area is 101 Å². The zero-order chi connectivity index (χ0) is 12.1. The van der Waals surface area contributed by atoms with Crippen molar-refractivity contribution in [1.29, 1.82) is 0 Å². The van der Waals surface area contributed by atoms with E-state index in [0.717, 1.165) is 18.5 Å². The van der Waals surface area contributed by atoms with Gasteiger partial charge in [0.1, 0.15) is 0 Å². The predicted molar refractivity (Wildman–Crippen MR) is 70.8 cm³/mol. The molecular weight excluding hydrogens is 198 g/mol. The van der Waals surface area contributed by atoms with E-state index in [4.69, 9.17) is 0 Å². The highest BCUT2D eigenvalue weighted by atomic mass is 15.2. The summed E-state index contributed by atoms with van der Waals surface area (Å²) in [5.41, 5.74) is 0. The van der Waals surface area contributed by atoms with Crippen LogP contribution in [-0.4, -0.2) is 62.7 Å². The van der Waals surface area contributed by atoms with Gasteiger partial charge in [-0.25, -0.2) is 0 Å². The zero-order valence-corrected chi connectivity index (χ0v) is 11.7. The van der Waals surface area contributed by atoms with Crippen LogP contribution in [0.5, 0.6) is 0 Å². The number of nitrogens with zero attached hydrogens (tertiary/aromatic N) is 2. The first kappa shape index (κ1) is 13.9. The first-order chi connectivity index (χ1) is 7.50. The summed E-state index contributed by atoms with van der Waals surface area (Å²) in [5, 5.41) is 3.72. The van der Waals surface area contributed by atoms with Crippen LogP contribution in [0.1, 0.15) is 26.7 Å². The lowest BCUT2D eigenvalue weighted by atomic mass is 9.90. The largest absolute Gasteiger partial charge is 0.314 e. The van der Waals surface area contributed by atoms with Crippen molar-refractivity contribution in [3.63, 3.8) is 0 Å². The van der Waals surface area contributed by atoms with Gasteiger partial charge in [0.25, 0.3) is 0 Å². The van der Waals surface area contributed by atoms with E-state index in [1.54, 1.807) is 0 Å². The molecule has 16 heavy (non-hydrogen) atoms. The molecule has 0 unspecified atom stereocenters. The van der Waals surface area contributed by atoms with Crippen molar-refractivity contribution in [2.45, 2.75) is 38.8 Å². The number of piperidine rings is 1. The summed E-state index contributed by atoms with van der Waals surface area (Å²) < 4.78 is 0. The van der Waals surface area contributed by atoms with Gasteiger partial charge in [-0.05, 0) is 59.9 Å². The number of hydrogen-bond donors (Lipinski definition) is 1. The summed E-state index contributed by atoms with van der Waals surface area (Å²) in [4.78, 5) is 4.73. The molecule has 1 rings (SSSR count). The van der Waals surface area contributed by atoms with Crippen LogP contribution in [0.15, 0.2) is 0 Å². The van der Waals surface area contributed by atoms with Gasteiger partial charge < -0.3 is 15.1 Å². The number of rotatable bonds is 5. The van der Waals surface area contributed by atoms with Crippen molar-refractivity contribution in [3.8, 4) is 0 Å². The molecule has 0 aromatic heterocycles. The molecule has 0 spiro atoms. The lowest BCUT2D eigenvalue weighted by Gasteiger charge is -2.40. The Bertz CT molecular complexity index is 194. The number of likely N-dealkylation sites (tertiary alicyclic amines) is 1. The minimum Gasteiger partial charge on any atom is -0.314 e. The molecule has 1 fully saturated rings. The van der Waals surface area contributed by atoms with Gasteiger partial charge in [-0.2, -0.15) is 0 Å². The predicted octanol–water partition coefficient (Wildman–Crippen LogP) is 1.26. The fourth-order valence-electron chi connectivity index (χ4n) is 2.51. The Hall–Kier alpha value is -0.120. The van der Waals surface area contributed by atoms with Crippen LogP contribution in [0.2, 0.25) is 0 Å². The molecule has 3 atom stereocenters. The van der Waals surface area contributed by atoms with Crippen LogP contribution in [0, 0.1) is 5.92 Å². The highest BCUT2D eigenvalue weighted by Crippen LogP contribution is 2.20. The third kappa shape index (κ3) is 4.40. The van der Waals surface area contributed by atoms with E-state index in [2.05, 4.69) is 50.1 Å². The highest BCUT2D eigenvalue weighted by molar-refractivity contribution is 4.85. The fraction of sp³-hybridized carbons (Fsp3) is 1.00. The molecule has 1 N–H and O–H groups in total. The summed E-state index contributed by atoms with van der Waals surface area (Å²) in [5.74, 6) is 0.778. The molecule has 96 valence electrons. The molecule has 1 saturated heterocycles. The minimum absolute atomic E-state index is 0.716. The third-order valence-corrected chi connectivity index (χ3v) is 3.80. The molecular formula is C13H29N3. The molecule has 0 aliphatic carbocycles. The van der Waals surface area contributed by atoms with Crippen LogP contribution in [0.3, 0.4) is 0 Å². The maximum absolute atomic E-state index is 3.72. The molecule has 0 amide bonds. The van der Waals surface area contributed by atoms with Crippen molar-refractivity contribution >= 4 is 0 Å². The molecule has 1 aliphatic heterocycles.